The lowest BCUT2D eigenvalue weighted by Gasteiger charge is -2.11. The Kier molecular flexibility index (Phi) is 5.39. The Balaban J connectivity index is 1.99. The molecule has 106 valence electrons. The summed E-state index contributed by atoms with van der Waals surface area (Å²) in [6.45, 7) is 0.842. The average Bonchev–Trinajstić information content (AvgIpc) is 2.46. The van der Waals surface area contributed by atoms with Crippen LogP contribution < -0.4 is 5.32 Å². The molecule has 0 heterocycles. The summed E-state index contributed by atoms with van der Waals surface area (Å²) in [7, 11) is 1.59. The monoisotopic (exact) mass is 291 g/mol. The summed E-state index contributed by atoms with van der Waals surface area (Å²) in [5.41, 5.74) is 1.03. The maximum absolute atomic E-state index is 12.0. The van der Waals surface area contributed by atoms with Crippen molar-refractivity contribution < 1.29 is 9.53 Å². The first-order chi connectivity index (χ1) is 9.70. The minimum Gasteiger partial charge on any atom is -0.383 e. The first kappa shape index (κ1) is 14.8. The molecule has 0 spiro atoms. The van der Waals surface area contributed by atoms with Crippen molar-refractivity contribution in [1.82, 2.24) is 5.32 Å². The maximum atomic E-state index is 12.0. The molecule has 0 aromatic heterocycles. The van der Waals surface area contributed by atoms with Crippen molar-refractivity contribution in [2.24, 2.45) is 0 Å². The number of amides is 1. The van der Waals surface area contributed by atoms with Gasteiger partial charge in [-0.05, 0) is 16.3 Å². The fourth-order valence-electron chi connectivity index (χ4n) is 2.15. The van der Waals surface area contributed by atoms with E-state index < -0.39 is 0 Å². The zero-order chi connectivity index (χ0) is 14.4. The minimum atomic E-state index is -0.198. The first-order valence-electron chi connectivity index (χ1n) is 6.57. The molecule has 0 radical (unpaired) electrons. The van der Waals surface area contributed by atoms with Crippen molar-refractivity contribution in [2.75, 3.05) is 20.3 Å². The predicted molar refractivity (Wildman–Crippen MR) is 82.2 cm³/mol. The highest BCUT2D eigenvalue weighted by molar-refractivity contribution is 6.21. The quantitative estimate of drug-likeness (QED) is 0.831. The van der Waals surface area contributed by atoms with Crippen LogP contribution in [0.2, 0.25) is 0 Å². The second-order valence-corrected chi connectivity index (χ2v) is 5.29. The molecule has 1 atom stereocenters. The van der Waals surface area contributed by atoms with Gasteiger partial charge in [0, 0.05) is 13.7 Å². The van der Waals surface area contributed by atoms with Gasteiger partial charge in [-0.3, -0.25) is 4.79 Å². The highest BCUT2D eigenvalue weighted by Crippen LogP contribution is 2.18. The molecule has 2 rings (SSSR count). The summed E-state index contributed by atoms with van der Waals surface area (Å²) >= 11 is 5.98. The summed E-state index contributed by atoms with van der Waals surface area (Å²) in [6, 6.07) is 14.1. The van der Waals surface area contributed by atoms with Crippen molar-refractivity contribution in [2.45, 2.75) is 11.8 Å². The van der Waals surface area contributed by atoms with Crippen molar-refractivity contribution in [3.8, 4) is 0 Å². The number of carbonyl (C=O) groups is 1. The van der Waals surface area contributed by atoms with Gasteiger partial charge in [-0.2, -0.15) is 0 Å². The van der Waals surface area contributed by atoms with Crippen molar-refractivity contribution >= 4 is 28.3 Å². The van der Waals surface area contributed by atoms with Crippen molar-refractivity contribution in [1.29, 1.82) is 0 Å². The number of fused-ring (bicyclic) bond motifs is 1. The number of halogens is 1. The Morgan fingerprint density at radius 2 is 2.00 bits per heavy atom. The predicted octanol–water partition coefficient (Wildman–Crippen LogP) is 2.75. The summed E-state index contributed by atoms with van der Waals surface area (Å²) in [4.78, 5) is 12.0. The second-order valence-electron chi connectivity index (χ2n) is 4.67. The third kappa shape index (κ3) is 3.95. The number of ether oxygens (including phenoxy) is 1. The molecule has 0 saturated carbocycles. The molecule has 1 N–H and O–H groups in total. The molecule has 0 saturated heterocycles. The number of hydrogen-bond donors (Lipinski definition) is 1. The van der Waals surface area contributed by atoms with Crippen molar-refractivity contribution in [3.05, 3.63) is 48.0 Å². The molecule has 1 unspecified atom stereocenters. The number of carbonyl (C=O) groups excluding carboxylic acids is 1. The fraction of sp³-hybridized carbons (Fsp3) is 0.312. The zero-order valence-electron chi connectivity index (χ0n) is 11.4. The largest absolute Gasteiger partial charge is 0.383 e. The smallest absolute Gasteiger partial charge is 0.224 e. The lowest BCUT2D eigenvalue weighted by molar-refractivity contribution is -0.120. The van der Waals surface area contributed by atoms with Crippen LogP contribution in [0, 0.1) is 0 Å². The standard InChI is InChI=1S/C16H18ClNO2/c1-20-11-14(17)10-18-16(19)9-13-7-4-6-12-5-2-3-8-15(12)13/h2-8,14H,9-11H2,1H3,(H,18,19). The maximum Gasteiger partial charge on any atom is 0.224 e. The molecule has 0 aliphatic rings. The van der Waals surface area contributed by atoms with Crippen LogP contribution in [0.4, 0.5) is 0 Å². The van der Waals surface area contributed by atoms with Gasteiger partial charge >= 0.3 is 0 Å². The second kappa shape index (κ2) is 7.27. The summed E-state index contributed by atoms with van der Waals surface area (Å²) in [5.74, 6) is -0.0249. The van der Waals surface area contributed by atoms with Gasteiger partial charge in [-0.1, -0.05) is 42.5 Å². The normalized spacial score (nSPS) is 12.3. The first-order valence-corrected chi connectivity index (χ1v) is 7.00. The van der Waals surface area contributed by atoms with E-state index in [1.807, 2.05) is 42.5 Å². The van der Waals surface area contributed by atoms with Gasteiger partial charge in [0.25, 0.3) is 0 Å². The van der Waals surface area contributed by atoms with Crippen LogP contribution in [-0.4, -0.2) is 31.5 Å². The zero-order valence-corrected chi connectivity index (χ0v) is 12.2. The lowest BCUT2D eigenvalue weighted by Crippen LogP contribution is -2.32. The number of alkyl halides is 1. The molecule has 2 aromatic carbocycles. The van der Waals surface area contributed by atoms with E-state index in [0.29, 0.717) is 19.6 Å². The van der Waals surface area contributed by atoms with Crippen LogP contribution in [0.25, 0.3) is 10.8 Å². The topological polar surface area (TPSA) is 38.3 Å². The molecule has 2 aromatic rings. The molecule has 0 aliphatic heterocycles. The summed E-state index contributed by atoms with van der Waals surface area (Å²) in [5, 5.41) is 4.89. The van der Waals surface area contributed by atoms with E-state index in [-0.39, 0.29) is 11.3 Å². The highest BCUT2D eigenvalue weighted by Gasteiger charge is 2.09. The Morgan fingerprint density at radius 3 is 2.80 bits per heavy atom. The number of benzene rings is 2. The third-order valence-electron chi connectivity index (χ3n) is 3.10. The Morgan fingerprint density at radius 1 is 1.25 bits per heavy atom. The van der Waals surface area contributed by atoms with Gasteiger partial charge in [-0.25, -0.2) is 0 Å². The molecule has 0 aliphatic carbocycles. The van der Waals surface area contributed by atoms with Gasteiger partial charge in [0.2, 0.25) is 5.91 Å². The third-order valence-corrected chi connectivity index (χ3v) is 3.38. The van der Waals surface area contributed by atoms with E-state index >= 15 is 0 Å². The van der Waals surface area contributed by atoms with Gasteiger partial charge < -0.3 is 10.1 Å². The van der Waals surface area contributed by atoms with Gasteiger partial charge in [0.05, 0.1) is 18.4 Å². The van der Waals surface area contributed by atoms with Gasteiger partial charge in [0.1, 0.15) is 0 Å². The van der Waals surface area contributed by atoms with E-state index in [4.69, 9.17) is 16.3 Å². The number of methoxy groups -OCH3 is 1. The minimum absolute atomic E-state index is 0.0249. The van der Waals surface area contributed by atoms with Crippen molar-refractivity contribution in [3.63, 3.8) is 0 Å². The highest BCUT2D eigenvalue weighted by atomic mass is 35.5. The lowest BCUT2D eigenvalue weighted by atomic mass is 10.0. The van der Waals surface area contributed by atoms with Crippen LogP contribution in [0.3, 0.4) is 0 Å². The van der Waals surface area contributed by atoms with Gasteiger partial charge in [0.15, 0.2) is 0 Å². The Labute approximate surface area is 123 Å². The molecular weight excluding hydrogens is 274 g/mol. The van der Waals surface area contributed by atoms with E-state index in [1.165, 1.54) is 0 Å². The van der Waals surface area contributed by atoms with E-state index in [0.717, 1.165) is 16.3 Å². The average molecular weight is 292 g/mol. The van der Waals surface area contributed by atoms with Crippen LogP contribution in [0.15, 0.2) is 42.5 Å². The molecule has 0 fully saturated rings. The SMILES string of the molecule is COCC(Cl)CNC(=O)Cc1cccc2ccccc12. The summed E-state index contributed by atoms with van der Waals surface area (Å²) < 4.78 is 4.93. The Hall–Kier alpha value is -1.58. The van der Waals surface area contributed by atoms with Crippen LogP contribution in [0.5, 0.6) is 0 Å². The molecule has 4 heteroatoms. The number of nitrogens with one attached hydrogen (secondary N) is 1. The van der Waals surface area contributed by atoms with E-state index in [9.17, 15) is 4.79 Å². The van der Waals surface area contributed by atoms with E-state index in [1.54, 1.807) is 7.11 Å². The molecule has 0 bridgehead atoms. The molecule has 20 heavy (non-hydrogen) atoms. The number of rotatable bonds is 6. The van der Waals surface area contributed by atoms with E-state index in [2.05, 4.69) is 5.32 Å². The molecule has 3 nitrogen and oxygen atoms in total. The van der Waals surface area contributed by atoms with Crippen LogP contribution in [-0.2, 0) is 16.0 Å². The fourth-order valence-corrected chi connectivity index (χ4v) is 2.35. The molecular formula is C16H18ClNO2. The number of hydrogen-bond acceptors (Lipinski definition) is 2. The van der Waals surface area contributed by atoms with Crippen LogP contribution >= 0.6 is 11.6 Å². The summed E-state index contributed by atoms with van der Waals surface area (Å²) in [6.07, 6.45) is 0.359. The van der Waals surface area contributed by atoms with Crippen LogP contribution in [0.1, 0.15) is 5.56 Å². The molecule has 1 amide bonds. The van der Waals surface area contributed by atoms with Gasteiger partial charge in [-0.15, -0.1) is 11.6 Å². The Bertz CT molecular complexity index is 580.